The predicted octanol–water partition coefficient (Wildman–Crippen LogP) is 2.60. The molecule has 6 heteroatoms. The van der Waals surface area contributed by atoms with E-state index in [4.69, 9.17) is 12.2 Å². The van der Waals surface area contributed by atoms with Crippen molar-refractivity contribution in [2.75, 3.05) is 0 Å². The van der Waals surface area contributed by atoms with Gasteiger partial charge >= 0.3 is 0 Å². The molecule has 0 fully saturated rings. The first-order chi connectivity index (χ1) is 9.43. The Kier molecular flexibility index (Phi) is 6.76. The topological polar surface area (TPSA) is 72.2 Å². The number of hydrogen-bond acceptors (Lipinski definition) is 2. The summed E-state index contributed by atoms with van der Waals surface area (Å²) in [6.07, 6.45) is 6.76. The first-order valence-corrected chi connectivity index (χ1v) is 7.52. The molecule has 0 aliphatic carbocycles. The Hall–Kier alpha value is -1.32. The number of unbranched alkanes of at least 4 members (excludes halogenated alkanes) is 1. The predicted molar refractivity (Wildman–Crippen MR) is 85.0 cm³/mol. The van der Waals surface area contributed by atoms with Crippen molar-refractivity contribution in [3.63, 3.8) is 0 Å². The Morgan fingerprint density at radius 2 is 1.90 bits per heavy atom. The largest absolute Gasteiger partial charge is 0.368 e. The fourth-order valence-electron chi connectivity index (χ4n) is 1.62. The van der Waals surface area contributed by atoms with E-state index in [0.29, 0.717) is 24.8 Å². The molecule has 0 heterocycles. The lowest BCUT2D eigenvalue weighted by Crippen LogP contribution is -2.44. The van der Waals surface area contributed by atoms with Crippen LogP contribution in [0.5, 0.6) is 0 Å². The fourth-order valence-corrected chi connectivity index (χ4v) is 2.91. The minimum absolute atomic E-state index is 0.350. The van der Waals surface area contributed by atoms with Crippen molar-refractivity contribution in [2.24, 2.45) is 5.73 Å². The van der Waals surface area contributed by atoms with E-state index >= 15 is 0 Å². The lowest BCUT2D eigenvalue weighted by atomic mass is 10.1. The highest BCUT2D eigenvalue weighted by Gasteiger charge is 2.18. The minimum Gasteiger partial charge on any atom is -0.368 e. The lowest BCUT2D eigenvalue weighted by molar-refractivity contribution is -0.120. The molecule has 0 aliphatic heterocycles. The lowest BCUT2D eigenvalue weighted by Gasteiger charge is -2.15. The smallest absolute Gasteiger partial charge is 0.252 e. The second-order valence-electron chi connectivity index (χ2n) is 4.18. The molecule has 1 aromatic rings. The van der Waals surface area contributed by atoms with Crippen LogP contribution in [-0.2, 0) is 4.79 Å². The summed E-state index contributed by atoms with van der Waals surface area (Å²) in [5.74, 6) is 1.57. The van der Waals surface area contributed by atoms with E-state index < -0.39 is 11.9 Å². The second-order valence-corrected chi connectivity index (χ2v) is 6.01. The third-order valence-electron chi connectivity index (χ3n) is 2.59. The number of halogens is 2. The molecule has 0 aromatic heterocycles. The number of rotatable bonds is 6. The van der Waals surface area contributed by atoms with Gasteiger partial charge in [0.25, 0.3) is 5.91 Å². The van der Waals surface area contributed by atoms with Crippen molar-refractivity contribution < 1.29 is 9.59 Å². The van der Waals surface area contributed by atoms with Gasteiger partial charge in [0, 0.05) is 20.9 Å². The standard InChI is InChI=1S/C14H14Br2N2O2/c1-2-3-4-5-12(13(17)19)18-14(20)9-6-10(15)8-11(16)7-9/h1,6-8,12H,3-5H2,(H2,17,19)(H,18,20)/t12-/m0/s1. The van der Waals surface area contributed by atoms with E-state index in [0.717, 1.165) is 8.95 Å². The summed E-state index contributed by atoms with van der Waals surface area (Å²) in [4.78, 5) is 23.4. The normalized spacial score (nSPS) is 11.4. The monoisotopic (exact) mass is 400 g/mol. The summed E-state index contributed by atoms with van der Waals surface area (Å²) in [7, 11) is 0. The van der Waals surface area contributed by atoms with E-state index in [1.54, 1.807) is 12.1 Å². The summed E-state index contributed by atoms with van der Waals surface area (Å²) in [5, 5.41) is 2.62. The molecule has 20 heavy (non-hydrogen) atoms. The Morgan fingerprint density at radius 1 is 1.30 bits per heavy atom. The van der Waals surface area contributed by atoms with Gasteiger partial charge in [0.05, 0.1) is 0 Å². The van der Waals surface area contributed by atoms with Crippen LogP contribution in [0.4, 0.5) is 0 Å². The zero-order valence-electron chi connectivity index (χ0n) is 10.7. The van der Waals surface area contributed by atoms with Crippen molar-refractivity contribution in [1.29, 1.82) is 0 Å². The Labute approximate surface area is 134 Å². The van der Waals surface area contributed by atoms with Crippen LogP contribution in [0.2, 0.25) is 0 Å². The number of carbonyl (C=O) groups excluding carboxylic acids is 2. The third-order valence-corrected chi connectivity index (χ3v) is 3.50. The van der Waals surface area contributed by atoms with Crippen LogP contribution in [0.1, 0.15) is 29.6 Å². The quantitative estimate of drug-likeness (QED) is 0.568. The van der Waals surface area contributed by atoms with E-state index in [2.05, 4.69) is 43.1 Å². The van der Waals surface area contributed by atoms with Crippen LogP contribution in [-0.4, -0.2) is 17.9 Å². The molecule has 0 unspecified atom stereocenters. The van der Waals surface area contributed by atoms with Crippen LogP contribution < -0.4 is 11.1 Å². The molecule has 4 nitrogen and oxygen atoms in total. The van der Waals surface area contributed by atoms with Crippen molar-refractivity contribution in [2.45, 2.75) is 25.3 Å². The minimum atomic E-state index is -0.714. The van der Waals surface area contributed by atoms with Crippen molar-refractivity contribution in [3.8, 4) is 12.3 Å². The van der Waals surface area contributed by atoms with Crippen LogP contribution in [0, 0.1) is 12.3 Å². The number of amides is 2. The van der Waals surface area contributed by atoms with Crippen molar-refractivity contribution in [1.82, 2.24) is 5.32 Å². The Morgan fingerprint density at radius 3 is 2.40 bits per heavy atom. The van der Waals surface area contributed by atoms with Crippen LogP contribution in [0.25, 0.3) is 0 Å². The molecule has 3 N–H and O–H groups in total. The highest BCUT2D eigenvalue weighted by molar-refractivity contribution is 9.11. The first kappa shape index (κ1) is 16.7. The van der Waals surface area contributed by atoms with Gasteiger partial charge < -0.3 is 11.1 Å². The number of primary amides is 1. The molecule has 2 amide bonds. The highest BCUT2D eigenvalue weighted by atomic mass is 79.9. The summed E-state index contributed by atoms with van der Waals surface area (Å²) in [5.41, 5.74) is 5.72. The first-order valence-electron chi connectivity index (χ1n) is 5.93. The number of carbonyl (C=O) groups is 2. The molecular weight excluding hydrogens is 388 g/mol. The molecular formula is C14H14Br2N2O2. The Balaban J connectivity index is 2.75. The average molecular weight is 402 g/mol. The SMILES string of the molecule is C#CCCC[C@H](NC(=O)c1cc(Br)cc(Br)c1)C(N)=O. The van der Waals surface area contributed by atoms with Crippen LogP contribution >= 0.6 is 31.9 Å². The zero-order valence-corrected chi connectivity index (χ0v) is 13.8. The van der Waals surface area contributed by atoms with Crippen LogP contribution in [0.3, 0.4) is 0 Å². The maximum Gasteiger partial charge on any atom is 0.252 e. The van der Waals surface area contributed by atoms with Gasteiger partial charge in [-0.15, -0.1) is 12.3 Å². The van der Waals surface area contributed by atoms with Gasteiger partial charge in [-0.2, -0.15) is 0 Å². The van der Waals surface area contributed by atoms with Gasteiger partial charge in [-0.25, -0.2) is 0 Å². The van der Waals surface area contributed by atoms with Crippen molar-refractivity contribution >= 4 is 43.7 Å². The van der Waals surface area contributed by atoms with Gasteiger partial charge in [0.2, 0.25) is 5.91 Å². The molecule has 0 radical (unpaired) electrons. The molecule has 1 atom stereocenters. The molecule has 0 saturated heterocycles. The van der Waals surface area contributed by atoms with E-state index in [-0.39, 0.29) is 5.91 Å². The molecule has 1 rings (SSSR count). The van der Waals surface area contributed by atoms with Gasteiger partial charge in [-0.1, -0.05) is 31.9 Å². The summed E-state index contributed by atoms with van der Waals surface area (Å²) < 4.78 is 1.53. The molecule has 0 aliphatic rings. The number of hydrogen-bond donors (Lipinski definition) is 2. The summed E-state index contributed by atoms with van der Waals surface area (Å²) >= 11 is 6.61. The maximum absolute atomic E-state index is 12.1. The van der Waals surface area contributed by atoms with E-state index in [1.165, 1.54) is 0 Å². The number of benzene rings is 1. The van der Waals surface area contributed by atoms with Gasteiger partial charge in [0.15, 0.2) is 0 Å². The van der Waals surface area contributed by atoms with Gasteiger partial charge in [-0.3, -0.25) is 9.59 Å². The summed E-state index contributed by atoms with van der Waals surface area (Å²) in [6, 6.07) is 4.43. The number of terminal acetylenes is 1. The van der Waals surface area contributed by atoms with Crippen LogP contribution in [0.15, 0.2) is 27.1 Å². The van der Waals surface area contributed by atoms with E-state index in [9.17, 15) is 9.59 Å². The maximum atomic E-state index is 12.1. The molecule has 0 spiro atoms. The van der Waals surface area contributed by atoms with Crippen molar-refractivity contribution in [3.05, 3.63) is 32.7 Å². The highest BCUT2D eigenvalue weighted by Crippen LogP contribution is 2.20. The Bertz CT molecular complexity index is 532. The second kappa shape index (κ2) is 8.08. The molecule has 106 valence electrons. The molecule has 0 saturated carbocycles. The van der Waals surface area contributed by atoms with Gasteiger partial charge in [-0.05, 0) is 31.0 Å². The summed E-state index contributed by atoms with van der Waals surface area (Å²) in [6.45, 7) is 0. The zero-order chi connectivity index (χ0) is 15.1. The molecule has 1 aromatic carbocycles. The molecule has 0 bridgehead atoms. The number of nitrogens with one attached hydrogen (secondary N) is 1. The average Bonchev–Trinajstić information content (AvgIpc) is 2.36. The number of nitrogens with two attached hydrogens (primary N) is 1. The third kappa shape index (κ3) is 5.35. The van der Waals surface area contributed by atoms with E-state index in [1.807, 2.05) is 6.07 Å². The van der Waals surface area contributed by atoms with Gasteiger partial charge in [0.1, 0.15) is 6.04 Å². The fraction of sp³-hybridized carbons (Fsp3) is 0.286.